The van der Waals surface area contributed by atoms with Crippen LogP contribution in [0.15, 0.2) is 12.1 Å². The Bertz CT molecular complexity index is 342. The highest BCUT2D eigenvalue weighted by Gasteiger charge is 2.06. The van der Waals surface area contributed by atoms with Gasteiger partial charge < -0.3 is 15.2 Å². The first-order valence-corrected chi connectivity index (χ1v) is 5.32. The van der Waals surface area contributed by atoms with Crippen molar-refractivity contribution in [2.75, 3.05) is 26.1 Å². The predicted octanol–water partition coefficient (Wildman–Crippen LogP) is 2.52. The SMILES string of the molecule is COCCCCOc1cc(C)c(N)cc1F. The van der Waals surface area contributed by atoms with Crippen molar-refractivity contribution in [1.82, 2.24) is 0 Å². The molecule has 4 heteroatoms. The minimum atomic E-state index is -0.408. The van der Waals surface area contributed by atoms with E-state index in [-0.39, 0.29) is 5.75 Å². The maximum absolute atomic E-state index is 13.4. The van der Waals surface area contributed by atoms with Crippen LogP contribution >= 0.6 is 0 Å². The summed E-state index contributed by atoms with van der Waals surface area (Å²) < 4.78 is 23.6. The molecule has 3 nitrogen and oxygen atoms in total. The predicted molar refractivity (Wildman–Crippen MR) is 62.2 cm³/mol. The molecule has 1 aromatic rings. The molecule has 1 aromatic carbocycles. The summed E-state index contributed by atoms with van der Waals surface area (Å²) in [5.41, 5.74) is 6.85. The summed E-state index contributed by atoms with van der Waals surface area (Å²) in [4.78, 5) is 0. The molecule has 1 rings (SSSR count). The van der Waals surface area contributed by atoms with Crippen molar-refractivity contribution in [3.8, 4) is 5.75 Å². The number of halogens is 1. The highest BCUT2D eigenvalue weighted by atomic mass is 19.1. The summed E-state index contributed by atoms with van der Waals surface area (Å²) >= 11 is 0. The number of aryl methyl sites for hydroxylation is 1. The van der Waals surface area contributed by atoms with Gasteiger partial charge in [-0.15, -0.1) is 0 Å². The van der Waals surface area contributed by atoms with Gasteiger partial charge in [-0.3, -0.25) is 0 Å². The van der Waals surface area contributed by atoms with E-state index in [1.54, 1.807) is 13.2 Å². The molecule has 0 saturated heterocycles. The number of rotatable bonds is 6. The smallest absolute Gasteiger partial charge is 0.167 e. The first-order chi connectivity index (χ1) is 7.65. The monoisotopic (exact) mass is 227 g/mol. The van der Waals surface area contributed by atoms with Crippen LogP contribution in [-0.2, 0) is 4.74 Å². The lowest BCUT2D eigenvalue weighted by molar-refractivity contribution is 0.183. The van der Waals surface area contributed by atoms with E-state index < -0.39 is 5.82 Å². The van der Waals surface area contributed by atoms with E-state index >= 15 is 0 Å². The van der Waals surface area contributed by atoms with Crippen molar-refractivity contribution in [2.24, 2.45) is 0 Å². The van der Waals surface area contributed by atoms with E-state index in [1.807, 2.05) is 6.92 Å². The molecule has 0 fully saturated rings. The Morgan fingerprint density at radius 1 is 1.25 bits per heavy atom. The third-order valence-electron chi connectivity index (χ3n) is 2.32. The second kappa shape index (κ2) is 6.33. The van der Waals surface area contributed by atoms with Gasteiger partial charge in [0.1, 0.15) is 0 Å². The number of nitrogen functional groups attached to an aromatic ring is 1. The zero-order valence-corrected chi connectivity index (χ0v) is 9.75. The van der Waals surface area contributed by atoms with Crippen molar-refractivity contribution < 1.29 is 13.9 Å². The third-order valence-corrected chi connectivity index (χ3v) is 2.32. The number of ether oxygens (including phenoxy) is 2. The summed E-state index contributed by atoms with van der Waals surface area (Å²) in [5.74, 6) is -0.140. The molecular weight excluding hydrogens is 209 g/mol. The van der Waals surface area contributed by atoms with E-state index in [0.717, 1.165) is 18.4 Å². The van der Waals surface area contributed by atoms with Gasteiger partial charge in [-0.25, -0.2) is 4.39 Å². The van der Waals surface area contributed by atoms with E-state index in [1.165, 1.54) is 6.07 Å². The average molecular weight is 227 g/mol. The van der Waals surface area contributed by atoms with Crippen LogP contribution < -0.4 is 10.5 Å². The minimum absolute atomic E-state index is 0.268. The summed E-state index contributed by atoms with van der Waals surface area (Å²) in [6, 6.07) is 2.92. The molecule has 0 aromatic heterocycles. The molecule has 90 valence electrons. The van der Waals surface area contributed by atoms with Crippen molar-refractivity contribution in [3.05, 3.63) is 23.5 Å². The van der Waals surface area contributed by atoms with Gasteiger partial charge >= 0.3 is 0 Å². The second-order valence-corrected chi connectivity index (χ2v) is 3.69. The second-order valence-electron chi connectivity index (χ2n) is 3.69. The molecule has 0 aliphatic rings. The van der Waals surface area contributed by atoms with E-state index in [9.17, 15) is 4.39 Å². The molecular formula is C12H18FNO2. The highest BCUT2D eigenvalue weighted by Crippen LogP contribution is 2.23. The normalized spacial score (nSPS) is 10.4. The lowest BCUT2D eigenvalue weighted by Crippen LogP contribution is -2.02. The van der Waals surface area contributed by atoms with Crippen molar-refractivity contribution in [1.29, 1.82) is 0 Å². The molecule has 16 heavy (non-hydrogen) atoms. The van der Waals surface area contributed by atoms with Gasteiger partial charge in [0.25, 0.3) is 0 Å². The summed E-state index contributed by atoms with van der Waals surface area (Å²) in [6.45, 7) is 3.02. The lowest BCUT2D eigenvalue weighted by Gasteiger charge is -2.09. The Labute approximate surface area is 95.4 Å². The third kappa shape index (κ3) is 3.70. The fourth-order valence-corrected chi connectivity index (χ4v) is 1.31. The van der Waals surface area contributed by atoms with Gasteiger partial charge in [-0.2, -0.15) is 0 Å². The van der Waals surface area contributed by atoms with E-state index in [4.69, 9.17) is 15.2 Å². The van der Waals surface area contributed by atoms with Crippen LogP contribution in [0.3, 0.4) is 0 Å². The van der Waals surface area contributed by atoms with Crippen molar-refractivity contribution >= 4 is 5.69 Å². The topological polar surface area (TPSA) is 44.5 Å². The number of hydrogen-bond acceptors (Lipinski definition) is 3. The molecule has 0 spiro atoms. The van der Waals surface area contributed by atoms with E-state index in [0.29, 0.717) is 18.9 Å². The highest BCUT2D eigenvalue weighted by molar-refractivity contribution is 5.50. The van der Waals surface area contributed by atoms with Crippen LogP contribution in [0.1, 0.15) is 18.4 Å². The Balaban J connectivity index is 2.45. The van der Waals surface area contributed by atoms with Crippen molar-refractivity contribution in [2.45, 2.75) is 19.8 Å². The van der Waals surface area contributed by atoms with Crippen molar-refractivity contribution in [3.63, 3.8) is 0 Å². The molecule has 0 aliphatic carbocycles. The molecule has 0 radical (unpaired) electrons. The van der Waals surface area contributed by atoms with Crippen LogP contribution in [0.2, 0.25) is 0 Å². The van der Waals surface area contributed by atoms with Crippen LogP contribution in [0.25, 0.3) is 0 Å². The van der Waals surface area contributed by atoms with E-state index in [2.05, 4.69) is 0 Å². The van der Waals surface area contributed by atoms with Crippen LogP contribution in [0, 0.1) is 12.7 Å². The molecule has 0 saturated carbocycles. The Morgan fingerprint density at radius 2 is 1.94 bits per heavy atom. The average Bonchev–Trinajstić information content (AvgIpc) is 2.25. The van der Waals surface area contributed by atoms with Gasteiger partial charge in [0.2, 0.25) is 0 Å². The lowest BCUT2D eigenvalue weighted by atomic mass is 10.2. The molecule has 0 atom stereocenters. The number of hydrogen-bond donors (Lipinski definition) is 1. The fourth-order valence-electron chi connectivity index (χ4n) is 1.31. The number of nitrogens with two attached hydrogens (primary N) is 1. The van der Waals surface area contributed by atoms with Gasteiger partial charge in [0, 0.05) is 25.5 Å². The molecule has 0 heterocycles. The summed E-state index contributed by atoms with van der Waals surface area (Å²) in [6.07, 6.45) is 1.75. The molecule has 2 N–H and O–H groups in total. The van der Waals surface area contributed by atoms with Gasteiger partial charge in [-0.05, 0) is 31.4 Å². The zero-order chi connectivity index (χ0) is 12.0. The first kappa shape index (κ1) is 12.8. The number of benzene rings is 1. The van der Waals surface area contributed by atoms with Crippen LogP contribution in [-0.4, -0.2) is 20.3 Å². The van der Waals surface area contributed by atoms with Gasteiger partial charge in [0.15, 0.2) is 11.6 Å². The Hall–Kier alpha value is -1.29. The standard InChI is InChI=1S/C12H18FNO2/c1-9-7-12(10(13)8-11(9)14)16-6-4-3-5-15-2/h7-8H,3-6,14H2,1-2H3. The maximum atomic E-state index is 13.4. The molecule has 0 unspecified atom stereocenters. The molecule has 0 amide bonds. The summed E-state index contributed by atoms with van der Waals surface area (Å²) in [5, 5.41) is 0. The number of unbranched alkanes of at least 4 members (excludes halogenated alkanes) is 1. The molecule has 0 aliphatic heterocycles. The molecule has 0 bridgehead atoms. The largest absolute Gasteiger partial charge is 0.491 e. The maximum Gasteiger partial charge on any atom is 0.167 e. The zero-order valence-electron chi connectivity index (χ0n) is 9.75. The fraction of sp³-hybridized carbons (Fsp3) is 0.500. The van der Waals surface area contributed by atoms with Crippen LogP contribution in [0.5, 0.6) is 5.75 Å². The minimum Gasteiger partial charge on any atom is -0.491 e. The first-order valence-electron chi connectivity index (χ1n) is 5.32. The Morgan fingerprint density at radius 3 is 2.62 bits per heavy atom. The van der Waals surface area contributed by atoms with Gasteiger partial charge in [-0.1, -0.05) is 0 Å². The number of anilines is 1. The Kier molecular flexibility index (Phi) is 5.05. The van der Waals surface area contributed by atoms with Gasteiger partial charge in [0.05, 0.1) is 6.61 Å². The van der Waals surface area contributed by atoms with Crippen LogP contribution in [0.4, 0.5) is 10.1 Å². The summed E-state index contributed by atoms with van der Waals surface area (Å²) in [7, 11) is 1.66. The number of methoxy groups -OCH3 is 1. The quantitative estimate of drug-likeness (QED) is 0.600.